The highest BCUT2D eigenvalue weighted by Gasteiger charge is 2.12. The highest BCUT2D eigenvalue weighted by Crippen LogP contribution is 2.19. The second kappa shape index (κ2) is 6.38. The van der Waals surface area contributed by atoms with E-state index in [1.807, 2.05) is 26.0 Å². The molecule has 0 saturated heterocycles. The van der Waals surface area contributed by atoms with E-state index in [2.05, 4.69) is 10.3 Å². The average molecular weight is 291 g/mol. The maximum Gasteiger partial charge on any atom is 0.263 e. The normalized spacial score (nSPS) is 10.3. The molecule has 0 unspecified atom stereocenters. The summed E-state index contributed by atoms with van der Waals surface area (Å²) in [6.45, 7) is 4.51. The van der Waals surface area contributed by atoms with Crippen molar-refractivity contribution in [3.63, 3.8) is 0 Å². The van der Waals surface area contributed by atoms with Gasteiger partial charge in [0.05, 0.1) is 22.9 Å². The van der Waals surface area contributed by atoms with E-state index < -0.39 is 0 Å². The van der Waals surface area contributed by atoms with E-state index in [1.165, 1.54) is 11.3 Å². The molecule has 1 aromatic heterocycles. The minimum Gasteiger partial charge on any atom is -0.490 e. The summed E-state index contributed by atoms with van der Waals surface area (Å²) in [5, 5.41) is 3.70. The second-order valence-electron chi connectivity index (χ2n) is 4.29. The van der Waals surface area contributed by atoms with Crippen LogP contribution in [-0.4, -0.2) is 24.0 Å². The largest absolute Gasteiger partial charge is 0.490 e. The lowest BCUT2D eigenvalue weighted by atomic mass is 10.3. The number of aromatic nitrogens is 1. The van der Waals surface area contributed by atoms with Gasteiger partial charge in [0.25, 0.3) is 5.91 Å². The number of amides is 1. The SMILES string of the molecule is Cc1nc(C)c(C(=O)NCCOc2ccccc2N)s1. The Hall–Kier alpha value is -2.08. The lowest BCUT2D eigenvalue weighted by Crippen LogP contribution is -2.28. The van der Waals surface area contributed by atoms with Crippen molar-refractivity contribution in [3.8, 4) is 5.75 Å². The van der Waals surface area contributed by atoms with Crippen LogP contribution < -0.4 is 15.8 Å². The molecular weight excluding hydrogens is 274 g/mol. The first kappa shape index (κ1) is 14.3. The highest BCUT2D eigenvalue weighted by atomic mass is 32.1. The maximum atomic E-state index is 11.9. The van der Waals surface area contributed by atoms with E-state index in [0.717, 1.165) is 10.7 Å². The number of nitrogen functional groups attached to an aromatic ring is 1. The summed E-state index contributed by atoms with van der Waals surface area (Å²) in [7, 11) is 0. The van der Waals surface area contributed by atoms with E-state index in [9.17, 15) is 4.79 Å². The molecule has 0 radical (unpaired) electrons. The van der Waals surface area contributed by atoms with Gasteiger partial charge in [-0.05, 0) is 26.0 Å². The van der Waals surface area contributed by atoms with Crippen LogP contribution >= 0.6 is 11.3 Å². The van der Waals surface area contributed by atoms with Crippen molar-refractivity contribution >= 4 is 22.9 Å². The molecule has 1 heterocycles. The molecule has 106 valence electrons. The van der Waals surface area contributed by atoms with Crippen LogP contribution in [0.5, 0.6) is 5.75 Å². The third-order valence-corrected chi connectivity index (χ3v) is 3.75. The van der Waals surface area contributed by atoms with E-state index in [0.29, 0.717) is 29.5 Å². The monoisotopic (exact) mass is 291 g/mol. The Morgan fingerprint density at radius 1 is 1.40 bits per heavy atom. The number of nitrogens with one attached hydrogen (secondary N) is 1. The molecule has 5 nitrogen and oxygen atoms in total. The number of nitrogens with two attached hydrogens (primary N) is 1. The van der Waals surface area contributed by atoms with Gasteiger partial charge in [0.2, 0.25) is 0 Å². The third-order valence-electron chi connectivity index (χ3n) is 2.67. The van der Waals surface area contributed by atoms with Crippen LogP contribution in [0.15, 0.2) is 24.3 Å². The Balaban J connectivity index is 1.80. The first-order valence-corrected chi connectivity index (χ1v) is 7.09. The van der Waals surface area contributed by atoms with Crippen molar-refractivity contribution in [3.05, 3.63) is 39.8 Å². The van der Waals surface area contributed by atoms with Gasteiger partial charge in [0.1, 0.15) is 17.2 Å². The second-order valence-corrected chi connectivity index (χ2v) is 5.49. The summed E-state index contributed by atoms with van der Waals surface area (Å²) >= 11 is 1.40. The number of carbonyl (C=O) groups excluding carboxylic acids is 1. The molecule has 0 aliphatic rings. The van der Waals surface area contributed by atoms with Gasteiger partial charge in [-0.2, -0.15) is 0 Å². The first-order valence-electron chi connectivity index (χ1n) is 6.27. The predicted octanol–water partition coefficient (Wildman–Crippen LogP) is 2.15. The summed E-state index contributed by atoms with van der Waals surface area (Å²) < 4.78 is 5.51. The Morgan fingerprint density at radius 3 is 2.80 bits per heavy atom. The highest BCUT2D eigenvalue weighted by molar-refractivity contribution is 7.13. The van der Waals surface area contributed by atoms with Crippen LogP contribution in [-0.2, 0) is 0 Å². The van der Waals surface area contributed by atoms with Crippen molar-refractivity contribution in [2.45, 2.75) is 13.8 Å². The van der Waals surface area contributed by atoms with Crippen LogP contribution in [0, 0.1) is 13.8 Å². The van der Waals surface area contributed by atoms with Crippen LogP contribution in [0.25, 0.3) is 0 Å². The third kappa shape index (κ3) is 3.48. The molecule has 1 aromatic carbocycles. The molecule has 20 heavy (non-hydrogen) atoms. The Bertz CT molecular complexity index is 610. The number of aryl methyl sites for hydroxylation is 2. The number of benzene rings is 1. The van der Waals surface area contributed by atoms with Gasteiger partial charge in [-0.25, -0.2) is 4.98 Å². The van der Waals surface area contributed by atoms with Gasteiger partial charge in [0, 0.05) is 0 Å². The van der Waals surface area contributed by atoms with Crippen molar-refractivity contribution < 1.29 is 9.53 Å². The van der Waals surface area contributed by atoms with Gasteiger partial charge in [-0.15, -0.1) is 11.3 Å². The number of nitrogens with zero attached hydrogens (tertiary/aromatic N) is 1. The van der Waals surface area contributed by atoms with Crippen LogP contribution in [0.4, 0.5) is 5.69 Å². The first-order chi connectivity index (χ1) is 9.58. The van der Waals surface area contributed by atoms with Crippen LogP contribution in [0.1, 0.15) is 20.4 Å². The fourth-order valence-corrected chi connectivity index (χ4v) is 2.60. The molecule has 0 aliphatic carbocycles. The number of hydrogen-bond acceptors (Lipinski definition) is 5. The molecule has 0 spiro atoms. The van der Waals surface area contributed by atoms with E-state index in [-0.39, 0.29) is 5.91 Å². The lowest BCUT2D eigenvalue weighted by molar-refractivity contribution is 0.0950. The minimum absolute atomic E-state index is 0.113. The molecule has 0 bridgehead atoms. The van der Waals surface area contributed by atoms with Gasteiger partial charge in [0.15, 0.2) is 0 Å². The topological polar surface area (TPSA) is 77.2 Å². The number of thiazole rings is 1. The number of rotatable bonds is 5. The molecular formula is C14H17N3O2S. The number of ether oxygens (including phenoxy) is 1. The maximum absolute atomic E-state index is 11.9. The smallest absolute Gasteiger partial charge is 0.263 e. The number of anilines is 1. The molecule has 2 rings (SSSR count). The molecule has 1 amide bonds. The molecule has 0 saturated carbocycles. The molecule has 0 atom stereocenters. The Kier molecular flexibility index (Phi) is 4.57. The standard InChI is InChI=1S/C14H17N3O2S/c1-9-13(20-10(2)17-9)14(18)16-7-8-19-12-6-4-3-5-11(12)15/h3-6H,7-8,15H2,1-2H3,(H,16,18). The number of hydrogen-bond donors (Lipinski definition) is 2. The van der Waals surface area contributed by atoms with E-state index in [4.69, 9.17) is 10.5 Å². The quantitative estimate of drug-likeness (QED) is 0.653. The Morgan fingerprint density at radius 2 is 2.15 bits per heavy atom. The summed E-state index contributed by atoms with van der Waals surface area (Å²) in [6.07, 6.45) is 0. The van der Waals surface area contributed by atoms with Crippen molar-refractivity contribution in [2.75, 3.05) is 18.9 Å². The summed E-state index contributed by atoms with van der Waals surface area (Å²) in [5.74, 6) is 0.518. The number of para-hydroxylation sites is 2. The van der Waals surface area contributed by atoms with Gasteiger partial charge in [-0.1, -0.05) is 12.1 Å². The van der Waals surface area contributed by atoms with Crippen LogP contribution in [0.2, 0.25) is 0 Å². The van der Waals surface area contributed by atoms with Gasteiger partial charge in [-0.3, -0.25) is 4.79 Å². The van der Waals surface area contributed by atoms with E-state index >= 15 is 0 Å². The van der Waals surface area contributed by atoms with Crippen molar-refractivity contribution in [2.24, 2.45) is 0 Å². The summed E-state index contributed by atoms with van der Waals surface area (Å²) in [4.78, 5) is 16.8. The van der Waals surface area contributed by atoms with Crippen molar-refractivity contribution in [1.29, 1.82) is 0 Å². The summed E-state index contributed by atoms with van der Waals surface area (Å²) in [6, 6.07) is 7.28. The molecule has 2 aromatic rings. The molecule has 6 heteroatoms. The fourth-order valence-electron chi connectivity index (χ4n) is 1.76. The van der Waals surface area contributed by atoms with Gasteiger partial charge >= 0.3 is 0 Å². The minimum atomic E-state index is -0.113. The van der Waals surface area contributed by atoms with Crippen molar-refractivity contribution in [1.82, 2.24) is 10.3 Å². The predicted molar refractivity (Wildman–Crippen MR) is 80.3 cm³/mol. The zero-order chi connectivity index (χ0) is 14.5. The Labute approximate surface area is 121 Å². The van der Waals surface area contributed by atoms with E-state index in [1.54, 1.807) is 12.1 Å². The van der Waals surface area contributed by atoms with Crippen LogP contribution in [0.3, 0.4) is 0 Å². The molecule has 3 N–H and O–H groups in total. The molecule has 0 aliphatic heterocycles. The average Bonchev–Trinajstić information content (AvgIpc) is 2.75. The lowest BCUT2D eigenvalue weighted by Gasteiger charge is -2.09. The fraction of sp³-hybridized carbons (Fsp3) is 0.286. The number of carbonyl (C=O) groups is 1. The van der Waals surface area contributed by atoms with Gasteiger partial charge < -0.3 is 15.8 Å². The zero-order valence-corrected chi connectivity index (χ0v) is 12.3. The summed E-state index contributed by atoms with van der Waals surface area (Å²) in [5.41, 5.74) is 7.11. The molecule has 0 fully saturated rings. The zero-order valence-electron chi connectivity index (χ0n) is 11.5.